The quantitative estimate of drug-likeness (QED) is 0.0333. The molecular formula is C36H74Mg2O3. The summed E-state index contributed by atoms with van der Waals surface area (Å²) in [6, 6.07) is 0. The molecule has 41 heavy (non-hydrogen) atoms. The molecule has 0 aliphatic rings. The Balaban J connectivity index is -0.000000481. The molecule has 0 aromatic rings. The van der Waals surface area contributed by atoms with Crippen LogP contribution >= 0.6 is 0 Å². The van der Waals surface area contributed by atoms with Gasteiger partial charge >= 0.3 is 58.0 Å². The van der Waals surface area contributed by atoms with Crippen LogP contribution in [0.15, 0.2) is 0 Å². The molecular weight excluding hydrogens is 529 g/mol. The van der Waals surface area contributed by atoms with Crippen LogP contribution in [0.3, 0.4) is 0 Å². The number of ether oxygens (including phenoxy) is 1. The summed E-state index contributed by atoms with van der Waals surface area (Å²) in [5.41, 5.74) is 0. The fourth-order valence-corrected chi connectivity index (χ4v) is 5.51. The molecule has 0 aromatic heterocycles. The Labute approximate surface area is 295 Å². The van der Waals surface area contributed by atoms with Crippen LogP contribution in [0, 0.1) is 0 Å². The predicted molar refractivity (Wildman–Crippen MR) is 186 cm³/mol. The van der Waals surface area contributed by atoms with Crippen molar-refractivity contribution in [3.05, 3.63) is 0 Å². The molecule has 0 spiro atoms. The van der Waals surface area contributed by atoms with Crippen LogP contribution < -0.4 is 0 Å². The zero-order valence-corrected chi connectivity index (χ0v) is 31.1. The van der Waals surface area contributed by atoms with Crippen molar-refractivity contribution >= 4 is 58.0 Å². The summed E-state index contributed by atoms with van der Waals surface area (Å²) < 4.78 is 5.01. The zero-order chi connectivity index (χ0) is 28.5. The van der Waals surface area contributed by atoms with Crippen molar-refractivity contribution in [2.24, 2.45) is 0 Å². The molecule has 0 aromatic carbocycles. The minimum atomic E-state index is -0.323. The number of hydrogen-bond donors (Lipinski definition) is 0. The van der Waals surface area contributed by atoms with E-state index in [-0.39, 0.29) is 63.8 Å². The first-order valence-electron chi connectivity index (χ1n) is 17.9. The van der Waals surface area contributed by atoms with Crippen molar-refractivity contribution in [1.82, 2.24) is 0 Å². The summed E-state index contributed by atoms with van der Waals surface area (Å²) >= 11 is 0. The molecule has 0 fully saturated rings. The normalized spacial score (nSPS) is 10.7. The van der Waals surface area contributed by atoms with Crippen molar-refractivity contribution in [3.8, 4) is 0 Å². The molecule has 0 bridgehead atoms. The van der Waals surface area contributed by atoms with E-state index >= 15 is 0 Å². The second kappa shape index (κ2) is 40.7. The van der Waals surface area contributed by atoms with Gasteiger partial charge in [-0.15, -0.1) is 0 Å². The van der Waals surface area contributed by atoms with Gasteiger partial charge < -0.3 is 10.4 Å². The molecule has 5 heteroatoms. The zero-order valence-electron chi connectivity index (χ0n) is 32.3. The molecule has 240 valence electrons. The molecule has 3 nitrogen and oxygen atoms in total. The minimum Gasteiger partial charge on any atom is -1.00 e. The van der Waals surface area contributed by atoms with Gasteiger partial charge in [-0.25, -0.2) is 0 Å². The standard InChI is InChI=1S/C36H70O3.2Mg.4H/c1-3-5-7-9-11-13-15-17-19-21-23-25-27-29-31-33-35(37)39-36(38)34-32-30-28-26-24-22-20-18-16-14-12-10-8-6-4-2;;;;;;/h3-34H2,1-2H3;;;;;;/q;2*+2;4*-1. The van der Waals surface area contributed by atoms with Crippen molar-refractivity contribution in [2.75, 3.05) is 0 Å². The number of esters is 2. The van der Waals surface area contributed by atoms with E-state index in [0.29, 0.717) is 12.8 Å². The average Bonchev–Trinajstić information content (AvgIpc) is 2.93. The summed E-state index contributed by atoms with van der Waals surface area (Å²) in [4.78, 5) is 23.8. The van der Waals surface area contributed by atoms with Gasteiger partial charge in [-0.1, -0.05) is 194 Å². The fourth-order valence-electron chi connectivity index (χ4n) is 5.51. The minimum absolute atomic E-state index is 0. The largest absolute Gasteiger partial charge is 2.00 e. The van der Waals surface area contributed by atoms with Crippen molar-refractivity contribution in [3.63, 3.8) is 0 Å². The Morgan fingerprint density at radius 3 is 0.707 bits per heavy atom. The van der Waals surface area contributed by atoms with E-state index in [2.05, 4.69) is 13.8 Å². The molecule has 0 atom stereocenters. The number of unbranched alkanes of at least 4 members (excludes halogenated alkanes) is 28. The molecule has 0 aliphatic carbocycles. The average molecular weight is 604 g/mol. The van der Waals surface area contributed by atoms with Crippen molar-refractivity contribution in [1.29, 1.82) is 0 Å². The molecule has 0 radical (unpaired) electrons. The van der Waals surface area contributed by atoms with Crippen LogP contribution in [0.4, 0.5) is 0 Å². The van der Waals surface area contributed by atoms with Gasteiger partial charge in [0.05, 0.1) is 0 Å². The summed E-state index contributed by atoms with van der Waals surface area (Å²) in [5, 5.41) is 0. The van der Waals surface area contributed by atoms with Crippen LogP contribution in [0.2, 0.25) is 0 Å². The maximum Gasteiger partial charge on any atom is 2.00 e. The molecule has 0 aliphatic heterocycles. The fraction of sp³-hybridized carbons (Fsp3) is 0.944. The summed E-state index contributed by atoms with van der Waals surface area (Å²) in [6.45, 7) is 4.55. The van der Waals surface area contributed by atoms with E-state index in [9.17, 15) is 9.59 Å². The van der Waals surface area contributed by atoms with Gasteiger partial charge in [-0.2, -0.15) is 0 Å². The van der Waals surface area contributed by atoms with Crippen LogP contribution in [0.5, 0.6) is 0 Å². The van der Waals surface area contributed by atoms with E-state index in [0.717, 1.165) is 25.7 Å². The number of rotatable bonds is 32. The van der Waals surface area contributed by atoms with E-state index in [1.807, 2.05) is 0 Å². The van der Waals surface area contributed by atoms with E-state index < -0.39 is 0 Å². The Hall–Kier alpha value is 0.672. The molecule has 0 N–H and O–H groups in total. The third kappa shape index (κ3) is 40.7. The smallest absolute Gasteiger partial charge is 1.00 e. The molecule has 0 unspecified atom stereocenters. The molecule has 0 rings (SSSR count). The first kappa shape index (κ1) is 46.1. The van der Waals surface area contributed by atoms with Gasteiger partial charge in [-0.3, -0.25) is 9.59 Å². The Kier molecular flexibility index (Phi) is 45.7. The Bertz CT molecular complexity index is 489. The summed E-state index contributed by atoms with van der Waals surface area (Å²) in [5.74, 6) is -0.647. The monoisotopic (exact) mass is 603 g/mol. The maximum atomic E-state index is 11.9. The van der Waals surface area contributed by atoms with E-state index in [1.165, 1.54) is 167 Å². The topological polar surface area (TPSA) is 43.4 Å². The molecule has 0 saturated carbocycles. The van der Waals surface area contributed by atoms with Gasteiger partial charge in [0.1, 0.15) is 0 Å². The second-order valence-corrected chi connectivity index (χ2v) is 12.2. The summed E-state index contributed by atoms with van der Waals surface area (Å²) in [6.07, 6.45) is 40.1. The maximum absolute atomic E-state index is 11.9. The Morgan fingerprint density at radius 1 is 0.341 bits per heavy atom. The van der Waals surface area contributed by atoms with Gasteiger partial charge in [-0.05, 0) is 12.8 Å². The predicted octanol–water partition coefficient (Wildman–Crippen LogP) is 12.3. The molecule has 0 amide bonds. The van der Waals surface area contributed by atoms with Crippen LogP contribution in [0.1, 0.15) is 225 Å². The van der Waals surface area contributed by atoms with Gasteiger partial charge in [0, 0.05) is 12.8 Å². The van der Waals surface area contributed by atoms with Gasteiger partial charge in [0.15, 0.2) is 0 Å². The second-order valence-electron chi connectivity index (χ2n) is 12.2. The molecule has 0 heterocycles. The Morgan fingerprint density at radius 2 is 0.512 bits per heavy atom. The van der Waals surface area contributed by atoms with E-state index in [1.54, 1.807) is 0 Å². The molecule has 0 saturated heterocycles. The van der Waals surface area contributed by atoms with Gasteiger partial charge in [0.2, 0.25) is 0 Å². The van der Waals surface area contributed by atoms with Crippen LogP contribution in [-0.2, 0) is 14.3 Å². The summed E-state index contributed by atoms with van der Waals surface area (Å²) in [7, 11) is 0. The van der Waals surface area contributed by atoms with Gasteiger partial charge in [0.25, 0.3) is 0 Å². The first-order valence-corrected chi connectivity index (χ1v) is 17.9. The van der Waals surface area contributed by atoms with Crippen LogP contribution in [0.25, 0.3) is 0 Å². The number of carbonyl (C=O) groups is 2. The van der Waals surface area contributed by atoms with Crippen molar-refractivity contribution < 1.29 is 20.0 Å². The third-order valence-corrected chi connectivity index (χ3v) is 8.20. The number of hydrogen-bond acceptors (Lipinski definition) is 3. The first-order chi connectivity index (χ1) is 19.2. The number of carbonyl (C=O) groups excluding carboxylic acids is 2. The third-order valence-electron chi connectivity index (χ3n) is 8.20. The van der Waals surface area contributed by atoms with E-state index in [4.69, 9.17) is 4.74 Å². The van der Waals surface area contributed by atoms with Crippen LogP contribution in [-0.4, -0.2) is 58.0 Å². The van der Waals surface area contributed by atoms with Crippen molar-refractivity contribution in [2.45, 2.75) is 219 Å². The SMILES string of the molecule is CCCCCCCCCCCCCCCCCC(=O)OC(=O)CCCCCCCCCCCCCCCCC.[H-].[H-].[H-].[H-].[Mg+2].[Mg+2].